The van der Waals surface area contributed by atoms with Crippen molar-refractivity contribution in [3.05, 3.63) is 94.4 Å². The highest BCUT2D eigenvalue weighted by atomic mass is 32.1. The Hall–Kier alpha value is -4.41. The molecule has 3 aromatic carbocycles. The van der Waals surface area contributed by atoms with Crippen LogP contribution in [0.3, 0.4) is 0 Å². The lowest BCUT2D eigenvalue weighted by Crippen LogP contribution is -2.20. The number of aromatic nitrogens is 2. The molecule has 170 valence electrons. The van der Waals surface area contributed by atoms with Crippen molar-refractivity contribution in [2.45, 2.75) is 12.8 Å². The van der Waals surface area contributed by atoms with E-state index in [4.69, 9.17) is 9.72 Å². The standard InChI is InChI=1S/C28H19N3O3S/c1-17-16-35-27(30-17)23(14-29)26(32)15-34-28(33)22-13-25(31-24-12-5-4-10-21(22)24)20-11-6-8-18-7-2-3-9-19(18)20/h2-13,16,23H,15H2,1H3/t23-/m1/s1. The van der Waals surface area contributed by atoms with Gasteiger partial charge in [0, 0.05) is 22.0 Å². The number of carbonyl (C=O) groups excluding carboxylic acids is 2. The van der Waals surface area contributed by atoms with Crippen LogP contribution in [0.4, 0.5) is 0 Å². The second-order valence-corrected chi connectivity index (χ2v) is 8.92. The number of thiazole rings is 1. The van der Waals surface area contributed by atoms with Crippen molar-refractivity contribution in [1.82, 2.24) is 9.97 Å². The number of benzene rings is 3. The first-order valence-electron chi connectivity index (χ1n) is 10.9. The van der Waals surface area contributed by atoms with Gasteiger partial charge in [0.2, 0.25) is 0 Å². The first-order valence-corrected chi connectivity index (χ1v) is 11.8. The monoisotopic (exact) mass is 477 g/mol. The van der Waals surface area contributed by atoms with E-state index < -0.39 is 24.3 Å². The Labute approximate surface area is 205 Å². The fraction of sp³-hybridized carbons (Fsp3) is 0.107. The fourth-order valence-corrected chi connectivity index (χ4v) is 4.86. The lowest BCUT2D eigenvalue weighted by atomic mass is 9.99. The number of hydrogen-bond donors (Lipinski definition) is 0. The molecule has 0 aliphatic carbocycles. The predicted octanol–water partition coefficient (Wildman–Crippen LogP) is 5.85. The molecular weight excluding hydrogens is 458 g/mol. The number of rotatable bonds is 6. The highest BCUT2D eigenvalue weighted by Gasteiger charge is 2.25. The van der Waals surface area contributed by atoms with Gasteiger partial charge in [0.15, 0.2) is 18.3 Å². The van der Waals surface area contributed by atoms with Crippen LogP contribution in [0.2, 0.25) is 0 Å². The number of para-hydroxylation sites is 1. The van der Waals surface area contributed by atoms with Gasteiger partial charge < -0.3 is 4.74 Å². The number of esters is 1. The molecule has 7 heteroatoms. The maximum atomic E-state index is 13.2. The normalized spacial score (nSPS) is 11.8. The Morgan fingerprint density at radius 2 is 1.74 bits per heavy atom. The minimum Gasteiger partial charge on any atom is -0.454 e. The van der Waals surface area contributed by atoms with Gasteiger partial charge in [-0.3, -0.25) is 4.79 Å². The van der Waals surface area contributed by atoms with Crippen molar-refractivity contribution in [2.24, 2.45) is 0 Å². The third-order valence-electron chi connectivity index (χ3n) is 5.68. The molecule has 0 aliphatic heterocycles. The van der Waals surface area contributed by atoms with Gasteiger partial charge >= 0.3 is 5.97 Å². The summed E-state index contributed by atoms with van der Waals surface area (Å²) in [5, 5.41) is 14.4. The number of ether oxygens (including phenoxy) is 1. The van der Waals surface area contributed by atoms with Crippen LogP contribution in [0, 0.1) is 18.3 Å². The number of Topliss-reactive ketones (excluding diaryl/α,β-unsaturated/α-hetero) is 1. The van der Waals surface area contributed by atoms with Crippen molar-refractivity contribution in [3.8, 4) is 17.3 Å². The van der Waals surface area contributed by atoms with Crippen LogP contribution in [0.25, 0.3) is 32.9 Å². The zero-order chi connectivity index (χ0) is 24.4. The average molecular weight is 478 g/mol. The third-order valence-corrected chi connectivity index (χ3v) is 6.71. The van der Waals surface area contributed by atoms with E-state index in [1.807, 2.05) is 66.7 Å². The van der Waals surface area contributed by atoms with Gasteiger partial charge in [-0.2, -0.15) is 5.26 Å². The molecule has 0 aliphatic rings. The molecule has 2 heterocycles. The van der Waals surface area contributed by atoms with Crippen LogP contribution in [0.5, 0.6) is 0 Å². The Kier molecular flexibility index (Phi) is 6.04. The zero-order valence-electron chi connectivity index (χ0n) is 18.8. The molecule has 0 spiro atoms. The summed E-state index contributed by atoms with van der Waals surface area (Å²) >= 11 is 1.24. The second kappa shape index (κ2) is 9.45. The average Bonchev–Trinajstić information content (AvgIpc) is 3.32. The molecule has 2 aromatic heterocycles. The largest absolute Gasteiger partial charge is 0.454 e. The van der Waals surface area contributed by atoms with Gasteiger partial charge in [0.05, 0.1) is 22.8 Å². The van der Waals surface area contributed by atoms with Crippen molar-refractivity contribution in [3.63, 3.8) is 0 Å². The molecule has 0 fully saturated rings. The Balaban J connectivity index is 1.48. The third kappa shape index (κ3) is 4.39. The van der Waals surface area contributed by atoms with Gasteiger partial charge in [0.1, 0.15) is 5.01 Å². The van der Waals surface area contributed by atoms with E-state index >= 15 is 0 Å². The van der Waals surface area contributed by atoms with Gasteiger partial charge in [-0.25, -0.2) is 14.8 Å². The molecule has 0 radical (unpaired) electrons. The smallest absolute Gasteiger partial charge is 0.339 e. The van der Waals surface area contributed by atoms with Crippen LogP contribution >= 0.6 is 11.3 Å². The molecular formula is C28H19N3O3S. The van der Waals surface area contributed by atoms with E-state index in [2.05, 4.69) is 4.98 Å². The predicted molar refractivity (Wildman–Crippen MR) is 135 cm³/mol. The summed E-state index contributed by atoms with van der Waals surface area (Å²) in [6.45, 7) is 1.27. The molecule has 35 heavy (non-hydrogen) atoms. The first-order chi connectivity index (χ1) is 17.0. The van der Waals surface area contributed by atoms with Crippen LogP contribution in [0.15, 0.2) is 78.2 Å². The minimum atomic E-state index is -1.07. The van der Waals surface area contributed by atoms with Gasteiger partial charge in [-0.05, 0) is 29.8 Å². The number of aryl methyl sites for hydroxylation is 1. The summed E-state index contributed by atoms with van der Waals surface area (Å²) in [5.41, 5.74) is 3.21. The number of carbonyl (C=O) groups is 2. The summed E-state index contributed by atoms with van der Waals surface area (Å²) < 4.78 is 5.40. The zero-order valence-corrected chi connectivity index (χ0v) is 19.6. The Morgan fingerprint density at radius 3 is 2.51 bits per heavy atom. The maximum absolute atomic E-state index is 13.2. The number of pyridine rings is 1. The van der Waals surface area contributed by atoms with E-state index in [1.54, 1.807) is 24.4 Å². The topological polar surface area (TPSA) is 92.9 Å². The summed E-state index contributed by atoms with van der Waals surface area (Å²) in [4.78, 5) is 34.9. The van der Waals surface area contributed by atoms with Crippen LogP contribution in [-0.2, 0) is 9.53 Å². The highest BCUT2D eigenvalue weighted by Crippen LogP contribution is 2.31. The van der Waals surface area contributed by atoms with E-state index in [-0.39, 0.29) is 0 Å². The van der Waals surface area contributed by atoms with Gasteiger partial charge in [-0.1, -0.05) is 60.7 Å². The number of ketones is 1. The number of fused-ring (bicyclic) bond motifs is 2. The van der Waals surface area contributed by atoms with Crippen molar-refractivity contribution >= 4 is 44.8 Å². The molecule has 0 unspecified atom stereocenters. The molecule has 1 atom stereocenters. The van der Waals surface area contributed by atoms with Crippen LogP contribution in [0.1, 0.15) is 27.0 Å². The van der Waals surface area contributed by atoms with Crippen LogP contribution < -0.4 is 0 Å². The summed E-state index contributed by atoms with van der Waals surface area (Å²) in [6, 6.07) is 24.9. The van der Waals surface area contributed by atoms with Crippen LogP contribution in [-0.4, -0.2) is 28.3 Å². The Bertz CT molecular complexity index is 1630. The SMILES string of the molecule is Cc1csc([C@H](C#N)C(=O)COC(=O)c2cc(-c3cccc4ccccc34)nc3ccccc23)n1. The summed E-state index contributed by atoms with van der Waals surface area (Å²) in [7, 11) is 0. The van der Waals surface area contributed by atoms with E-state index in [1.165, 1.54) is 11.3 Å². The summed E-state index contributed by atoms with van der Waals surface area (Å²) in [5.74, 6) is -2.23. The molecule has 0 bridgehead atoms. The molecule has 0 saturated carbocycles. The van der Waals surface area contributed by atoms with Crippen molar-refractivity contribution in [2.75, 3.05) is 6.61 Å². The fourth-order valence-electron chi connectivity index (χ4n) is 4.00. The molecule has 6 nitrogen and oxygen atoms in total. The molecule has 0 saturated heterocycles. The maximum Gasteiger partial charge on any atom is 0.339 e. The van der Waals surface area contributed by atoms with E-state index in [0.717, 1.165) is 22.0 Å². The lowest BCUT2D eigenvalue weighted by molar-refractivity contribution is -0.122. The highest BCUT2D eigenvalue weighted by molar-refractivity contribution is 7.09. The van der Waals surface area contributed by atoms with E-state index in [0.29, 0.717) is 27.2 Å². The number of nitrogens with zero attached hydrogens (tertiary/aromatic N) is 3. The summed E-state index contributed by atoms with van der Waals surface area (Å²) in [6.07, 6.45) is 0. The Morgan fingerprint density at radius 1 is 1.00 bits per heavy atom. The molecule has 5 rings (SSSR count). The van der Waals surface area contributed by atoms with E-state index in [9.17, 15) is 14.9 Å². The second-order valence-electron chi connectivity index (χ2n) is 8.03. The molecule has 0 amide bonds. The van der Waals surface area contributed by atoms with Crippen molar-refractivity contribution in [1.29, 1.82) is 5.26 Å². The first kappa shape index (κ1) is 22.4. The quantitative estimate of drug-likeness (QED) is 0.285. The number of nitriles is 1. The van der Waals surface area contributed by atoms with Crippen molar-refractivity contribution < 1.29 is 14.3 Å². The minimum absolute atomic E-state index is 0.310. The molecule has 5 aromatic rings. The number of hydrogen-bond acceptors (Lipinski definition) is 7. The van der Waals surface area contributed by atoms with Gasteiger partial charge in [-0.15, -0.1) is 11.3 Å². The van der Waals surface area contributed by atoms with Gasteiger partial charge in [0.25, 0.3) is 0 Å². The lowest BCUT2D eigenvalue weighted by Gasteiger charge is -2.12. The molecule has 0 N–H and O–H groups in total.